The molecule has 1 atom stereocenters. The van der Waals surface area contributed by atoms with Crippen molar-refractivity contribution in [3.05, 3.63) is 34.9 Å². The van der Waals surface area contributed by atoms with Crippen molar-refractivity contribution >= 4 is 11.7 Å². The molecule has 4 nitrogen and oxygen atoms in total. The number of aliphatic hydroxyl groups excluding tert-OH is 1. The number of amides is 1. The molecule has 1 aromatic carbocycles. The van der Waals surface area contributed by atoms with Crippen LogP contribution in [0.5, 0.6) is 0 Å². The summed E-state index contributed by atoms with van der Waals surface area (Å²) in [5.74, 6) is 0.122. The Morgan fingerprint density at radius 1 is 1.08 bits per heavy atom. The van der Waals surface area contributed by atoms with E-state index in [1.54, 1.807) is 0 Å². The minimum Gasteiger partial charge on any atom is -0.396 e. The van der Waals surface area contributed by atoms with Gasteiger partial charge in [-0.2, -0.15) is 0 Å². The largest absolute Gasteiger partial charge is 0.396 e. The quantitative estimate of drug-likeness (QED) is 0.817. The number of piperidine rings is 1. The van der Waals surface area contributed by atoms with Crippen molar-refractivity contribution in [2.45, 2.75) is 63.8 Å². The van der Waals surface area contributed by atoms with Gasteiger partial charge in [0.05, 0.1) is 0 Å². The molecule has 1 aromatic rings. The summed E-state index contributed by atoms with van der Waals surface area (Å²) >= 11 is 0. The Bertz CT molecular complexity index is 609. The van der Waals surface area contributed by atoms with Crippen LogP contribution in [0.3, 0.4) is 0 Å². The molecular weight excluding hydrogens is 302 g/mol. The molecule has 1 fully saturated rings. The third kappa shape index (κ3) is 3.86. The topological polar surface area (TPSA) is 57.6 Å². The molecular formula is C20H27NO3. The molecule has 4 heteroatoms. The Morgan fingerprint density at radius 3 is 2.75 bits per heavy atom. The number of nitrogens with zero attached hydrogens (tertiary/aromatic N) is 1. The number of hydrogen-bond acceptors (Lipinski definition) is 3. The molecule has 1 saturated heterocycles. The van der Waals surface area contributed by atoms with E-state index in [2.05, 4.69) is 6.07 Å². The number of aryl methyl sites for hydroxylation is 2. The number of hydrogen-bond donors (Lipinski definition) is 1. The zero-order valence-corrected chi connectivity index (χ0v) is 14.3. The monoisotopic (exact) mass is 329 g/mol. The van der Waals surface area contributed by atoms with E-state index in [9.17, 15) is 9.59 Å². The summed E-state index contributed by atoms with van der Waals surface area (Å²) in [5, 5.41) is 9.17. The highest BCUT2D eigenvalue weighted by Gasteiger charge is 2.26. The Kier molecular flexibility index (Phi) is 5.67. The first-order valence-corrected chi connectivity index (χ1v) is 9.24. The summed E-state index contributed by atoms with van der Waals surface area (Å²) in [7, 11) is 0. The van der Waals surface area contributed by atoms with Gasteiger partial charge in [0, 0.05) is 37.6 Å². The lowest BCUT2D eigenvalue weighted by Crippen LogP contribution is -2.44. The van der Waals surface area contributed by atoms with Gasteiger partial charge in [0.15, 0.2) is 5.78 Å². The van der Waals surface area contributed by atoms with E-state index < -0.39 is 0 Å². The second-order valence-corrected chi connectivity index (χ2v) is 7.01. The molecule has 0 radical (unpaired) electrons. The van der Waals surface area contributed by atoms with Crippen molar-refractivity contribution in [2.75, 3.05) is 13.2 Å². The molecule has 0 aromatic heterocycles. The van der Waals surface area contributed by atoms with Crippen LogP contribution in [0.4, 0.5) is 0 Å². The second-order valence-electron chi connectivity index (χ2n) is 7.01. The van der Waals surface area contributed by atoms with E-state index in [-0.39, 0.29) is 37.2 Å². The summed E-state index contributed by atoms with van der Waals surface area (Å²) in [4.78, 5) is 26.8. The van der Waals surface area contributed by atoms with Gasteiger partial charge in [-0.15, -0.1) is 0 Å². The molecule has 0 spiro atoms. The molecule has 1 amide bonds. The summed E-state index contributed by atoms with van der Waals surface area (Å²) in [5.41, 5.74) is 3.41. The molecule has 0 bridgehead atoms. The van der Waals surface area contributed by atoms with Gasteiger partial charge >= 0.3 is 0 Å². The SMILES string of the molecule is O=C(CCC(=O)N1CCCCC1CCO)c1ccc2c(c1)CCC2. The van der Waals surface area contributed by atoms with Crippen molar-refractivity contribution in [3.63, 3.8) is 0 Å². The molecule has 1 aliphatic carbocycles. The van der Waals surface area contributed by atoms with E-state index in [4.69, 9.17) is 5.11 Å². The smallest absolute Gasteiger partial charge is 0.223 e. The number of fused-ring (bicyclic) bond motifs is 1. The number of aliphatic hydroxyl groups is 1. The number of carbonyl (C=O) groups excluding carboxylic acids is 2. The van der Waals surface area contributed by atoms with Crippen molar-refractivity contribution in [2.24, 2.45) is 0 Å². The Labute approximate surface area is 143 Å². The predicted octanol–water partition coefficient (Wildman–Crippen LogP) is 2.90. The van der Waals surface area contributed by atoms with Crippen LogP contribution in [0, 0.1) is 0 Å². The second kappa shape index (κ2) is 7.93. The van der Waals surface area contributed by atoms with Crippen LogP contribution in [-0.4, -0.2) is 40.9 Å². The zero-order chi connectivity index (χ0) is 16.9. The molecule has 1 N–H and O–H groups in total. The minimum absolute atomic E-state index is 0.0580. The molecule has 3 rings (SSSR count). The lowest BCUT2D eigenvalue weighted by molar-refractivity contribution is -0.135. The number of ketones is 1. The first-order valence-electron chi connectivity index (χ1n) is 9.24. The predicted molar refractivity (Wildman–Crippen MR) is 93.1 cm³/mol. The van der Waals surface area contributed by atoms with Crippen LogP contribution in [0.15, 0.2) is 18.2 Å². The van der Waals surface area contributed by atoms with Crippen LogP contribution < -0.4 is 0 Å². The van der Waals surface area contributed by atoms with Crippen molar-refractivity contribution in [3.8, 4) is 0 Å². The average molecular weight is 329 g/mol. The van der Waals surface area contributed by atoms with Gasteiger partial charge in [0.25, 0.3) is 0 Å². The normalized spacial score (nSPS) is 20.0. The van der Waals surface area contributed by atoms with Crippen LogP contribution >= 0.6 is 0 Å². The van der Waals surface area contributed by atoms with Crippen LogP contribution in [-0.2, 0) is 17.6 Å². The van der Waals surface area contributed by atoms with E-state index in [0.29, 0.717) is 6.42 Å². The van der Waals surface area contributed by atoms with E-state index in [0.717, 1.165) is 44.2 Å². The lowest BCUT2D eigenvalue weighted by Gasteiger charge is -2.35. The summed E-state index contributed by atoms with van der Waals surface area (Å²) in [6.07, 6.45) is 7.64. The third-order valence-corrected chi connectivity index (χ3v) is 5.40. The fraction of sp³-hybridized carbons (Fsp3) is 0.600. The number of Topliss-reactive ketones (excluding diaryl/α,β-unsaturated/α-hetero) is 1. The molecule has 2 aliphatic rings. The maximum Gasteiger partial charge on any atom is 0.223 e. The van der Waals surface area contributed by atoms with Gasteiger partial charge in [-0.3, -0.25) is 9.59 Å². The van der Waals surface area contributed by atoms with Gasteiger partial charge < -0.3 is 10.0 Å². The molecule has 24 heavy (non-hydrogen) atoms. The zero-order valence-electron chi connectivity index (χ0n) is 14.3. The fourth-order valence-electron chi connectivity index (χ4n) is 4.03. The third-order valence-electron chi connectivity index (χ3n) is 5.40. The number of benzene rings is 1. The Morgan fingerprint density at radius 2 is 1.92 bits per heavy atom. The highest BCUT2D eigenvalue weighted by Crippen LogP contribution is 2.24. The first kappa shape index (κ1) is 17.2. The molecule has 1 unspecified atom stereocenters. The summed E-state index contributed by atoms with van der Waals surface area (Å²) in [6, 6.07) is 6.14. The van der Waals surface area contributed by atoms with Gasteiger partial charge in [-0.25, -0.2) is 0 Å². The average Bonchev–Trinajstić information content (AvgIpc) is 3.08. The highest BCUT2D eigenvalue weighted by atomic mass is 16.3. The van der Waals surface area contributed by atoms with Gasteiger partial charge in [0.1, 0.15) is 0 Å². The van der Waals surface area contributed by atoms with Crippen molar-refractivity contribution in [1.29, 1.82) is 0 Å². The maximum atomic E-state index is 12.5. The van der Waals surface area contributed by atoms with Crippen LogP contribution in [0.2, 0.25) is 0 Å². The Balaban J connectivity index is 1.56. The number of carbonyl (C=O) groups is 2. The van der Waals surface area contributed by atoms with Crippen molar-refractivity contribution < 1.29 is 14.7 Å². The first-order chi connectivity index (χ1) is 11.7. The van der Waals surface area contributed by atoms with E-state index in [1.165, 1.54) is 17.5 Å². The van der Waals surface area contributed by atoms with E-state index in [1.807, 2.05) is 17.0 Å². The minimum atomic E-state index is 0.0580. The molecule has 1 aliphatic heterocycles. The number of rotatable bonds is 6. The number of likely N-dealkylation sites (tertiary alicyclic amines) is 1. The van der Waals surface area contributed by atoms with Crippen molar-refractivity contribution in [1.82, 2.24) is 4.90 Å². The highest BCUT2D eigenvalue weighted by molar-refractivity contribution is 5.98. The van der Waals surface area contributed by atoms with Gasteiger partial charge in [-0.1, -0.05) is 12.1 Å². The van der Waals surface area contributed by atoms with Gasteiger partial charge in [-0.05, 0) is 62.1 Å². The van der Waals surface area contributed by atoms with Gasteiger partial charge in [0.2, 0.25) is 5.91 Å². The van der Waals surface area contributed by atoms with E-state index >= 15 is 0 Å². The van der Waals surface area contributed by atoms with Crippen LogP contribution in [0.1, 0.15) is 66.4 Å². The Hall–Kier alpha value is -1.68. The standard InChI is InChI=1S/C20H27NO3/c22-13-11-18-6-1-2-12-21(18)20(24)10-9-19(23)17-8-7-15-4-3-5-16(15)14-17/h7-8,14,18,22H,1-6,9-13H2. The molecule has 1 heterocycles. The fourth-order valence-corrected chi connectivity index (χ4v) is 4.03. The van der Waals surface area contributed by atoms with Crippen LogP contribution in [0.25, 0.3) is 0 Å². The summed E-state index contributed by atoms with van der Waals surface area (Å²) in [6.45, 7) is 0.874. The molecule has 130 valence electrons. The lowest BCUT2D eigenvalue weighted by atomic mass is 9.98. The maximum absolute atomic E-state index is 12.5. The molecule has 0 saturated carbocycles. The summed E-state index contributed by atoms with van der Waals surface area (Å²) < 4.78 is 0.